The summed E-state index contributed by atoms with van der Waals surface area (Å²) in [5.74, 6) is 0.904. The van der Waals surface area contributed by atoms with E-state index >= 15 is 0 Å². The summed E-state index contributed by atoms with van der Waals surface area (Å²) in [6.45, 7) is 4.06. The van der Waals surface area contributed by atoms with Gasteiger partial charge < -0.3 is 5.73 Å². The first-order valence-corrected chi connectivity index (χ1v) is 7.54. The van der Waals surface area contributed by atoms with E-state index in [1.54, 1.807) is 11.8 Å². The Labute approximate surface area is 117 Å². The summed E-state index contributed by atoms with van der Waals surface area (Å²) in [6.07, 6.45) is 0.874. The Balaban J connectivity index is 2.26. The van der Waals surface area contributed by atoms with Crippen molar-refractivity contribution in [2.24, 2.45) is 0 Å². The molecule has 0 unspecified atom stereocenters. The quantitative estimate of drug-likeness (QED) is 0.867. The highest BCUT2D eigenvalue weighted by Gasteiger charge is 2.09. The molecule has 0 atom stereocenters. The van der Waals surface area contributed by atoms with Crippen molar-refractivity contribution in [2.75, 3.05) is 5.73 Å². The van der Waals surface area contributed by atoms with E-state index in [1.165, 1.54) is 11.5 Å². The number of hydrogen-bond acceptors (Lipinski definition) is 5. The number of anilines is 1. The Hall–Kier alpha value is -0.590. The third-order valence-corrected chi connectivity index (χ3v) is 5.05. The lowest BCUT2D eigenvalue weighted by molar-refractivity contribution is 0.971. The zero-order valence-electron chi connectivity index (χ0n) is 9.53. The summed E-state index contributed by atoms with van der Waals surface area (Å²) in [6, 6.07) is 4.00. The molecule has 0 bridgehead atoms. The van der Waals surface area contributed by atoms with Crippen molar-refractivity contribution in [2.45, 2.75) is 29.5 Å². The van der Waals surface area contributed by atoms with Gasteiger partial charge in [-0.05, 0) is 52.1 Å². The summed E-state index contributed by atoms with van der Waals surface area (Å²) in [7, 11) is 0. The molecular weight excluding hydrogens is 318 g/mol. The van der Waals surface area contributed by atoms with E-state index in [-0.39, 0.29) is 0 Å². The molecule has 2 aromatic rings. The molecule has 0 fully saturated rings. The van der Waals surface area contributed by atoms with Crippen molar-refractivity contribution in [1.29, 1.82) is 0 Å². The Kier molecular flexibility index (Phi) is 4.06. The molecule has 0 aliphatic carbocycles. The summed E-state index contributed by atoms with van der Waals surface area (Å²) >= 11 is 6.57. The van der Waals surface area contributed by atoms with Gasteiger partial charge in [0.1, 0.15) is 5.82 Å². The summed E-state index contributed by atoms with van der Waals surface area (Å²) in [5, 5.41) is 0. The van der Waals surface area contributed by atoms with E-state index in [1.807, 2.05) is 13.0 Å². The molecule has 1 aromatic heterocycles. The number of benzene rings is 1. The van der Waals surface area contributed by atoms with Gasteiger partial charge in [0.25, 0.3) is 0 Å². The standard InChI is InChI=1S/C11H12BrN3S2/c1-3-10-14-11(17-15-10)16-9-4-6(2)8(13)5-7(9)12/h4-5H,3,13H2,1-2H3. The van der Waals surface area contributed by atoms with E-state index in [0.29, 0.717) is 0 Å². The molecule has 2 N–H and O–H groups in total. The van der Waals surface area contributed by atoms with Crippen molar-refractivity contribution in [3.63, 3.8) is 0 Å². The first kappa shape index (κ1) is 12.9. The summed E-state index contributed by atoms with van der Waals surface area (Å²) in [5.41, 5.74) is 7.72. The molecular formula is C11H12BrN3S2. The largest absolute Gasteiger partial charge is 0.398 e. The minimum atomic E-state index is 0.799. The van der Waals surface area contributed by atoms with Crippen LogP contribution < -0.4 is 5.73 Å². The van der Waals surface area contributed by atoms with E-state index in [4.69, 9.17) is 5.73 Å². The lowest BCUT2D eigenvalue weighted by Crippen LogP contribution is -1.90. The number of nitrogens with zero attached hydrogens (tertiary/aromatic N) is 2. The van der Waals surface area contributed by atoms with Crippen LogP contribution in [0.25, 0.3) is 0 Å². The number of hydrogen-bond donors (Lipinski definition) is 1. The first-order chi connectivity index (χ1) is 8.10. The zero-order chi connectivity index (χ0) is 12.4. The van der Waals surface area contributed by atoms with Gasteiger partial charge in [-0.25, -0.2) is 4.98 Å². The molecule has 1 aromatic carbocycles. The summed E-state index contributed by atoms with van der Waals surface area (Å²) < 4.78 is 6.23. The van der Waals surface area contributed by atoms with Gasteiger partial charge in [0.05, 0.1) is 0 Å². The van der Waals surface area contributed by atoms with Crippen molar-refractivity contribution >= 4 is 44.9 Å². The van der Waals surface area contributed by atoms with Crippen LogP contribution in [-0.2, 0) is 6.42 Å². The van der Waals surface area contributed by atoms with Crippen LogP contribution in [0.2, 0.25) is 0 Å². The fraction of sp³-hybridized carbons (Fsp3) is 0.273. The van der Waals surface area contributed by atoms with E-state index < -0.39 is 0 Å². The molecule has 6 heteroatoms. The number of aryl methyl sites for hydroxylation is 2. The van der Waals surface area contributed by atoms with Crippen LogP contribution in [-0.4, -0.2) is 9.36 Å². The predicted molar refractivity (Wildman–Crippen MR) is 76.7 cm³/mol. The maximum atomic E-state index is 5.84. The topological polar surface area (TPSA) is 51.8 Å². The van der Waals surface area contributed by atoms with Gasteiger partial charge in [-0.2, -0.15) is 4.37 Å². The zero-order valence-corrected chi connectivity index (χ0v) is 12.7. The predicted octanol–water partition coefficient (Wildman–Crippen LogP) is 3.90. The van der Waals surface area contributed by atoms with Crippen molar-refractivity contribution in [3.05, 3.63) is 28.0 Å². The normalized spacial score (nSPS) is 10.8. The lowest BCUT2D eigenvalue weighted by Gasteiger charge is -2.05. The van der Waals surface area contributed by atoms with Crippen LogP contribution in [0.15, 0.2) is 25.8 Å². The maximum Gasteiger partial charge on any atom is 0.174 e. The molecule has 0 aliphatic heterocycles. The molecule has 17 heavy (non-hydrogen) atoms. The average Bonchev–Trinajstić information content (AvgIpc) is 2.73. The molecule has 0 saturated carbocycles. The Morgan fingerprint density at radius 1 is 1.47 bits per heavy atom. The number of nitrogens with two attached hydrogens (primary N) is 1. The highest BCUT2D eigenvalue weighted by atomic mass is 79.9. The second kappa shape index (κ2) is 5.37. The van der Waals surface area contributed by atoms with Crippen LogP contribution in [0.4, 0.5) is 5.69 Å². The van der Waals surface area contributed by atoms with Crippen LogP contribution in [0.1, 0.15) is 18.3 Å². The molecule has 0 aliphatic rings. The molecule has 0 spiro atoms. The molecule has 0 saturated heterocycles. The first-order valence-electron chi connectivity index (χ1n) is 5.16. The van der Waals surface area contributed by atoms with Crippen molar-refractivity contribution in [1.82, 2.24) is 9.36 Å². The van der Waals surface area contributed by atoms with Crippen molar-refractivity contribution < 1.29 is 0 Å². The lowest BCUT2D eigenvalue weighted by atomic mass is 10.2. The van der Waals surface area contributed by atoms with Crippen LogP contribution in [0, 0.1) is 6.92 Å². The van der Waals surface area contributed by atoms with Gasteiger partial charge >= 0.3 is 0 Å². The fourth-order valence-electron chi connectivity index (χ4n) is 1.27. The monoisotopic (exact) mass is 329 g/mol. The Bertz CT molecular complexity index is 540. The molecule has 3 nitrogen and oxygen atoms in total. The smallest absolute Gasteiger partial charge is 0.174 e. The minimum absolute atomic E-state index is 0.799. The van der Waals surface area contributed by atoms with Crippen LogP contribution in [0.5, 0.6) is 0 Å². The highest BCUT2D eigenvalue weighted by molar-refractivity contribution is 9.10. The molecule has 2 rings (SSSR count). The van der Waals surface area contributed by atoms with Gasteiger partial charge in [-0.3, -0.25) is 0 Å². The van der Waals surface area contributed by atoms with Gasteiger partial charge in [0, 0.05) is 21.5 Å². The molecule has 0 amide bonds. The number of aromatic nitrogens is 2. The summed E-state index contributed by atoms with van der Waals surface area (Å²) in [4.78, 5) is 5.56. The average molecular weight is 330 g/mol. The minimum Gasteiger partial charge on any atom is -0.398 e. The number of rotatable bonds is 3. The fourth-order valence-corrected chi connectivity index (χ4v) is 3.63. The number of nitrogen functional groups attached to an aromatic ring is 1. The van der Waals surface area contributed by atoms with E-state index in [0.717, 1.165) is 37.2 Å². The van der Waals surface area contributed by atoms with Crippen LogP contribution >= 0.6 is 39.2 Å². The molecule has 90 valence electrons. The van der Waals surface area contributed by atoms with Gasteiger partial charge in [0.2, 0.25) is 0 Å². The third-order valence-electron chi connectivity index (χ3n) is 2.28. The maximum absolute atomic E-state index is 5.84. The van der Waals surface area contributed by atoms with Crippen LogP contribution in [0.3, 0.4) is 0 Å². The van der Waals surface area contributed by atoms with Crippen molar-refractivity contribution in [3.8, 4) is 0 Å². The van der Waals surface area contributed by atoms with Gasteiger partial charge in [0.15, 0.2) is 4.34 Å². The SMILES string of the molecule is CCc1nsc(Sc2cc(C)c(N)cc2Br)n1. The Morgan fingerprint density at radius 3 is 2.88 bits per heavy atom. The number of halogens is 1. The Morgan fingerprint density at radius 2 is 2.24 bits per heavy atom. The second-order valence-corrected chi connectivity index (χ2v) is 6.47. The molecule has 1 heterocycles. The van der Waals surface area contributed by atoms with Gasteiger partial charge in [-0.15, -0.1) is 0 Å². The third kappa shape index (κ3) is 3.00. The molecule has 0 radical (unpaired) electrons. The van der Waals surface area contributed by atoms with E-state index in [9.17, 15) is 0 Å². The van der Waals surface area contributed by atoms with Gasteiger partial charge in [-0.1, -0.05) is 18.7 Å². The van der Waals surface area contributed by atoms with E-state index in [2.05, 4.69) is 38.3 Å². The highest BCUT2D eigenvalue weighted by Crippen LogP contribution is 2.36. The second-order valence-electron chi connectivity index (χ2n) is 3.57.